The van der Waals surface area contributed by atoms with Crippen molar-refractivity contribution in [2.75, 3.05) is 0 Å². The maximum Gasteiger partial charge on any atom is 0.0961 e. The van der Waals surface area contributed by atoms with Crippen LogP contribution in [0.3, 0.4) is 0 Å². The number of fused-ring (bicyclic) bond motifs is 5. The van der Waals surface area contributed by atoms with E-state index in [1.807, 2.05) is 12.1 Å². The number of aromatic amines is 1. The Bertz CT molecular complexity index is 1350. The Balaban J connectivity index is 0.000000134. The molecule has 6 aromatic rings. The van der Waals surface area contributed by atoms with Gasteiger partial charge in [-0.3, -0.25) is 0 Å². The number of benzene rings is 5. The summed E-state index contributed by atoms with van der Waals surface area (Å²) in [5, 5.41) is 5.04. The van der Waals surface area contributed by atoms with E-state index in [2.05, 4.69) is 107 Å². The number of aromatic nitrogens is 2. The van der Waals surface area contributed by atoms with E-state index in [0.717, 1.165) is 11.0 Å². The molecule has 0 aliphatic rings. The lowest BCUT2D eigenvalue weighted by Crippen LogP contribution is -1.79. The first-order valence-electron chi connectivity index (χ1n) is 9.74. The smallest absolute Gasteiger partial charge is 0.0961 e. The first-order chi connectivity index (χ1) is 14.4. The standard InChI is InChI=1S/C15H10N2.C12H10/c1-2-4-11-10(3-1)5-6-13-12(11)7-8-14-15(13)17-9-16-14;1-3-7-11(8-4-1)12-9-5-2-6-10-12/h1-9H,(H,16,17);1-10H. The quantitative estimate of drug-likeness (QED) is 0.303. The van der Waals surface area contributed by atoms with Gasteiger partial charge in [0, 0.05) is 5.39 Å². The molecule has 0 radical (unpaired) electrons. The molecule has 0 saturated heterocycles. The average molecular weight is 372 g/mol. The van der Waals surface area contributed by atoms with Crippen molar-refractivity contribution < 1.29 is 0 Å². The van der Waals surface area contributed by atoms with Crippen molar-refractivity contribution in [3.8, 4) is 11.1 Å². The Morgan fingerprint density at radius 2 is 1.10 bits per heavy atom. The van der Waals surface area contributed by atoms with E-state index in [0.29, 0.717) is 0 Å². The van der Waals surface area contributed by atoms with Crippen molar-refractivity contribution in [1.29, 1.82) is 0 Å². The summed E-state index contributed by atoms with van der Waals surface area (Å²) in [7, 11) is 0. The maximum atomic E-state index is 4.40. The minimum atomic E-state index is 1.05. The summed E-state index contributed by atoms with van der Waals surface area (Å²) < 4.78 is 0. The van der Waals surface area contributed by atoms with Crippen LogP contribution >= 0.6 is 0 Å². The first kappa shape index (κ1) is 17.2. The van der Waals surface area contributed by atoms with E-state index >= 15 is 0 Å². The predicted octanol–water partition coefficient (Wildman–Crippen LogP) is 7.22. The third-order valence-electron chi connectivity index (χ3n) is 5.19. The summed E-state index contributed by atoms with van der Waals surface area (Å²) >= 11 is 0. The molecule has 0 atom stereocenters. The summed E-state index contributed by atoms with van der Waals surface area (Å²) in [6, 6.07) is 37.8. The van der Waals surface area contributed by atoms with Crippen molar-refractivity contribution in [3.63, 3.8) is 0 Å². The number of imidazole rings is 1. The minimum Gasteiger partial charge on any atom is -0.345 e. The second-order valence-corrected chi connectivity index (χ2v) is 6.98. The molecule has 1 aromatic heterocycles. The van der Waals surface area contributed by atoms with Gasteiger partial charge in [-0.1, -0.05) is 103 Å². The summed E-state index contributed by atoms with van der Waals surface area (Å²) in [4.78, 5) is 7.55. The monoisotopic (exact) mass is 372 g/mol. The molecular formula is C27H20N2. The van der Waals surface area contributed by atoms with Gasteiger partial charge in [-0.25, -0.2) is 4.98 Å². The van der Waals surface area contributed by atoms with Crippen LogP contribution in [0.1, 0.15) is 0 Å². The van der Waals surface area contributed by atoms with Crippen molar-refractivity contribution in [1.82, 2.24) is 9.97 Å². The molecule has 1 heterocycles. The van der Waals surface area contributed by atoms with Crippen LogP contribution in [0, 0.1) is 0 Å². The highest BCUT2D eigenvalue weighted by molar-refractivity contribution is 6.15. The lowest BCUT2D eigenvalue weighted by Gasteiger charge is -2.03. The molecule has 6 rings (SSSR count). The summed E-state index contributed by atoms with van der Waals surface area (Å²) in [6.45, 7) is 0. The average Bonchev–Trinajstić information content (AvgIpc) is 3.30. The largest absolute Gasteiger partial charge is 0.345 e. The lowest BCUT2D eigenvalue weighted by atomic mass is 10.0. The zero-order valence-corrected chi connectivity index (χ0v) is 15.9. The Morgan fingerprint density at radius 1 is 0.483 bits per heavy atom. The SMILES string of the molecule is c1ccc(-c2ccccc2)cc1.c1ccc2c(c1)ccc1c2ccc2[nH]cnc21. The van der Waals surface area contributed by atoms with Crippen LogP contribution in [0.5, 0.6) is 0 Å². The molecule has 0 saturated carbocycles. The third-order valence-corrected chi connectivity index (χ3v) is 5.19. The van der Waals surface area contributed by atoms with E-state index < -0.39 is 0 Å². The van der Waals surface area contributed by atoms with E-state index in [9.17, 15) is 0 Å². The molecule has 0 aliphatic heterocycles. The fraction of sp³-hybridized carbons (Fsp3) is 0. The summed E-state index contributed by atoms with van der Waals surface area (Å²) in [6.07, 6.45) is 1.75. The van der Waals surface area contributed by atoms with Crippen LogP contribution in [0.4, 0.5) is 0 Å². The molecule has 1 N–H and O–H groups in total. The molecule has 0 fully saturated rings. The van der Waals surface area contributed by atoms with Crippen LogP contribution in [0.25, 0.3) is 43.7 Å². The van der Waals surface area contributed by atoms with E-state index in [4.69, 9.17) is 0 Å². The van der Waals surface area contributed by atoms with Gasteiger partial charge < -0.3 is 4.98 Å². The van der Waals surface area contributed by atoms with Crippen LogP contribution in [-0.2, 0) is 0 Å². The highest BCUT2D eigenvalue weighted by atomic mass is 14.9. The van der Waals surface area contributed by atoms with Crippen molar-refractivity contribution in [2.45, 2.75) is 0 Å². The van der Waals surface area contributed by atoms with Gasteiger partial charge in [-0.15, -0.1) is 0 Å². The Kier molecular flexibility index (Phi) is 4.51. The summed E-state index contributed by atoms with van der Waals surface area (Å²) in [5.41, 5.74) is 4.69. The van der Waals surface area contributed by atoms with Crippen molar-refractivity contribution in [2.24, 2.45) is 0 Å². The van der Waals surface area contributed by atoms with Crippen molar-refractivity contribution in [3.05, 3.63) is 116 Å². The highest BCUT2D eigenvalue weighted by Crippen LogP contribution is 2.29. The molecule has 0 spiro atoms. The molecule has 29 heavy (non-hydrogen) atoms. The van der Waals surface area contributed by atoms with Crippen LogP contribution in [0.2, 0.25) is 0 Å². The van der Waals surface area contributed by atoms with Crippen molar-refractivity contribution >= 4 is 32.6 Å². The fourth-order valence-electron chi connectivity index (χ4n) is 3.76. The Hall–Kier alpha value is -3.91. The topological polar surface area (TPSA) is 28.7 Å². The van der Waals surface area contributed by atoms with Crippen LogP contribution in [-0.4, -0.2) is 9.97 Å². The van der Waals surface area contributed by atoms with Gasteiger partial charge in [0.1, 0.15) is 0 Å². The molecule has 2 nitrogen and oxygen atoms in total. The summed E-state index contributed by atoms with van der Waals surface area (Å²) in [5.74, 6) is 0. The first-order valence-corrected chi connectivity index (χ1v) is 9.74. The molecule has 138 valence electrons. The number of hydrogen-bond donors (Lipinski definition) is 1. The molecular weight excluding hydrogens is 352 g/mol. The number of H-pyrrole nitrogens is 1. The number of nitrogens with one attached hydrogen (secondary N) is 1. The van der Waals surface area contributed by atoms with E-state index in [-0.39, 0.29) is 0 Å². The van der Waals surface area contributed by atoms with Gasteiger partial charge in [0.25, 0.3) is 0 Å². The normalized spacial score (nSPS) is 10.8. The fourth-order valence-corrected chi connectivity index (χ4v) is 3.76. The molecule has 5 aromatic carbocycles. The highest BCUT2D eigenvalue weighted by Gasteiger charge is 2.05. The predicted molar refractivity (Wildman–Crippen MR) is 123 cm³/mol. The molecule has 0 aliphatic carbocycles. The van der Waals surface area contributed by atoms with Gasteiger partial charge in [-0.2, -0.15) is 0 Å². The van der Waals surface area contributed by atoms with Gasteiger partial charge in [-0.05, 0) is 33.4 Å². The Labute approximate surface area is 169 Å². The molecule has 0 bridgehead atoms. The molecule has 2 heteroatoms. The Morgan fingerprint density at radius 3 is 1.83 bits per heavy atom. The molecule has 0 amide bonds. The van der Waals surface area contributed by atoms with Gasteiger partial charge in [0.05, 0.1) is 17.4 Å². The van der Waals surface area contributed by atoms with Gasteiger partial charge in [0.2, 0.25) is 0 Å². The van der Waals surface area contributed by atoms with Crippen LogP contribution < -0.4 is 0 Å². The second-order valence-electron chi connectivity index (χ2n) is 6.98. The van der Waals surface area contributed by atoms with Gasteiger partial charge in [0.15, 0.2) is 0 Å². The number of hydrogen-bond acceptors (Lipinski definition) is 1. The van der Waals surface area contributed by atoms with E-state index in [1.165, 1.54) is 32.7 Å². The number of rotatable bonds is 1. The van der Waals surface area contributed by atoms with E-state index in [1.54, 1.807) is 6.33 Å². The third kappa shape index (κ3) is 3.37. The second kappa shape index (κ2) is 7.61. The maximum absolute atomic E-state index is 4.40. The lowest BCUT2D eigenvalue weighted by molar-refractivity contribution is 1.35. The zero-order chi connectivity index (χ0) is 19.5. The van der Waals surface area contributed by atoms with Gasteiger partial charge >= 0.3 is 0 Å². The number of nitrogens with zero attached hydrogens (tertiary/aromatic N) is 1. The molecule has 0 unspecified atom stereocenters. The minimum absolute atomic E-state index is 1.05. The zero-order valence-electron chi connectivity index (χ0n) is 15.9. The van der Waals surface area contributed by atoms with Crippen LogP contribution in [0.15, 0.2) is 116 Å².